The van der Waals surface area contributed by atoms with Gasteiger partial charge in [-0.05, 0) is 31.4 Å². The smallest absolute Gasteiger partial charge is 0.246 e. The van der Waals surface area contributed by atoms with E-state index >= 15 is 0 Å². The molecule has 1 atom stereocenters. The van der Waals surface area contributed by atoms with Gasteiger partial charge in [0.15, 0.2) is 0 Å². The lowest BCUT2D eigenvalue weighted by atomic mass is 10.0. The Morgan fingerprint density at radius 1 is 1.19 bits per heavy atom. The van der Waals surface area contributed by atoms with Crippen LogP contribution in [-0.2, 0) is 16.4 Å². The van der Waals surface area contributed by atoms with Crippen molar-refractivity contribution in [2.24, 2.45) is 0 Å². The highest BCUT2D eigenvalue weighted by atomic mass is 32.2. The summed E-state index contributed by atoms with van der Waals surface area (Å²) in [6, 6.07) is 10.1. The monoisotopic (exact) mass is 387 g/mol. The molecule has 1 aliphatic rings. The van der Waals surface area contributed by atoms with Gasteiger partial charge in [-0.2, -0.15) is 14.7 Å². The molecule has 1 unspecified atom stereocenters. The van der Waals surface area contributed by atoms with Crippen LogP contribution in [0.4, 0.5) is 0 Å². The van der Waals surface area contributed by atoms with Gasteiger partial charge in [0.2, 0.25) is 10.0 Å². The van der Waals surface area contributed by atoms with Gasteiger partial charge in [-0.15, -0.1) is 0 Å². The molecule has 0 amide bonds. The van der Waals surface area contributed by atoms with E-state index in [1.54, 1.807) is 13.8 Å². The molecular weight excluding hydrogens is 362 g/mol. The summed E-state index contributed by atoms with van der Waals surface area (Å²) in [5.74, 6) is 0. The van der Waals surface area contributed by atoms with Crippen LogP contribution in [0.2, 0.25) is 0 Å². The van der Waals surface area contributed by atoms with E-state index in [1.165, 1.54) is 9.87 Å². The molecule has 2 heterocycles. The summed E-state index contributed by atoms with van der Waals surface area (Å²) < 4.78 is 27.4. The number of aromatic nitrogens is 2. The maximum absolute atomic E-state index is 13.0. The topological polar surface area (TPSA) is 93.1 Å². The molecule has 1 saturated heterocycles. The van der Waals surface area contributed by atoms with Gasteiger partial charge in [0.05, 0.1) is 17.5 Å². The SMILES string of the molecule is CCc1ccc(C(C#N)N2CCN(S(=O)(=O)c3c(C)n[nH]c3C)CC2)cc1. The normalized spacial score (nSPS) is 17.6. The van der Waals surface area contributed by atoms with E-state index in [-0.39, 0.29) is 10.9 Å². The standard InChI is InChI=1S/C19H25N5O2S/c1-4-16-5-7-17(8-6-16)18(13-20)23-9-11-24(12-10-23)27(25,26)19-14(2)21-22-15(19)3/h5-8,18H,4,9-12H2,1-3H3,(H,21,22). The number of nitriles is 1. The number of aromatic amines is 1. The lowest BCUT2D eigenvalue weighted by Gasteiger charge is -2.36. The van der Waals surface area contributed by atoms with Gasteiger partial charge in [-0.25, -0.2) is 8.42 Å². The molecule has 1 aromatic carbocycles. The third-order valence-corrected chi connectivity index (χ3v) is 7.29. The summed E-state index contributed by atoms with van der Waals surface area (Å²) in [7, 11) is -3.58. The average molecular weight is 388 g/mol. The number of hydrogen-bond donors (Lipinski definition) is 1. The molecule has 144 valence electrons. The number of sulfonamides is 1. The molecule has 1 N–H and O–H groups in total. The van der Waals surface area contributed by atoms with Gasteiger partial charge < -0.3 is 0 Å². The molecule has 1 aliphatic heterocycles. The first-order chi connectivity index (χ1) is 12.9. The summed E-state index contributed by atoms with van der Waals surface area (Å²) in [6.07, 6.45) is 0.959. The number of aryl methyl sites for hydroxylation is 3. The van der Waals surface area contributed by atoms with Gasteiger partial charge in [0.1, 0.15) is 10.9 Å². The van der Waals surface area contributed by atoms with Crippen LogP contribution in [0, 0.1) is 25.2 Å². The predicted molar refractivity (Wildman–Crippen MR) is 103 cm³/mol. The number of nitrogens with zero attached hydrogens (tertiary/aromatic N) is 4. The van der Waals surface area contributed by atoms with Crippen molar-refractivity contribution >= 4 is 10.0 Å². The van der Waals surface area contributed by atoms with Gasteiger partial charge in [0, 0.05) is 26.2 Å². The Kier molecular flexibility index (Phi) is 5.65. The van der Waals surface area contributed by atoms with E-state index in [0.717, 1.165) is 12.0 Å². The fourth-order valence-electron chi connectivity index (χ4n) is 3.55. The first-order valence-electron chi connectivity index (χ1n) is 9.12. The van der Waals surface area contributed by atoms with Gasteiger partial charge in [0.25, 0.3) is 0 Å². The minimum absolute atomic E-state index is 0.267. The zero-order chi connectivity index (χ0) is 19.6. The van der Waals surface area contributed by atoms with E-state index in [2.05, 4.69) is 23.2 Å². The van der Waals surface area contributed by atoms with Crippen LogP contribution in [0.25, 0.3) is 0 Å². The highest BCUT2D eigenvalue weighted by molar-refractivity contribution is 7.89. The first-order valence-corrected chi connectivity index (χ1v) is 10.6. The number of H-pyrrole nitrogens is 1. The van der Waals surface area contributed by atoms with Crippen molar-refractivity contribution in [2.75, 3.05) is 26.2 Å². The van der Waals surface area contributed by atoms with Crippen molar-refractivity contribution in [1.82, 2.24) is 19.4 Å². The van der Waals surface area contributed by atoms with Crippen molar-refractivity contribution in [3.63, 3.8) is 0 Å². The van der Waals surface area contributed by atoms with Crippen LogP contribution in [0.5, 0.6) is 0 Å². The lowest BCUT2D eigenvalue weighted by Crippen LogP contribution is -2.49. The molecule has 27 heavy (non-hydrogen) atoms. The molecule has 8 heteroatoms. The van der Waals surface area contributed by atoms with Gasteiger partial charge in [-0.1, -0.05) is 31.2 Å². The van der Waals surface area contributed by atoms with Crippen molar-refractivity contribution in [3.05, 3.63) is 46.8 Å². The third kappa shape index (κ3) is 3.76. The fraction of sp³-hybridized carbons (Fsp3) is 0.474. The van der Waals surface area contributed by atoms with Crippen LogP contribution < -0.4 is 0 Å². The summed E-state index contributed by atoms with van der Waals surface area (Å²) >= 11 is 0. The second-order valence-corrected chi connectivity index (χ2v) is 8.70. The quantitative estimate of drug-likeness (QED) is 0.849. The Morgan fingerprint density at radius 3 is 2.30 bits per heavy atom. The second kappa shape index (κ2) is 7.80. The molecule has 3 rings (SSSR count). The number of hydrogen-bond acceptors (Lipinski definition) is 5. The Hall–Kier alpha value is -2.21. The van der Waals surface area contributed by atoms with Crippen LogP contribution in [0.3, 0.4) is 0 Å². The van der Waals surface area contributed by atoms with Crippen molar-refractivity contribution in [1.29, 1.82) is 5.26 Å². The number of benzene rings is 1. The molecule has 0 spiro atoms. The molecular formula is C19H25N5O2S. The van der Waals surface area contributed by atoms with Crippen molar-refractivity contribution in [3.8, 4) is 6.07 Å². The van der Waals surface area contributed by atoms with Crippen LogP contribution in [-0.4, -0.2) is 54.0 Å². The summed E-state index contributed by atoms with van der Waals surface area (Å²) in [5.41, 5.74) is 3.23. The largest absolute Gasteiger partial charge is 0.282 e. The molecule has 1 fully saturated rings. The van der Waals surface area contributed by atoms with E-state index in [1.807, 2.05) is 29.2 Å². The summed E-state index contributed by atoms with van der Waals surface area (Å²) in [4.78, 5) is 2.31. The molecule has 0 radical (unpaired) electrons. The van der Waals surface area contributed by atoms with Crippen LogP contribution in [0.15, 0.2) is 29.2 Å². The second-order valence-electron chi connectivity index (χ2n) is 6.83. The predicted octanol–water partition coefficient (Wildman–Crippen LogP) is 2.16. The summed E-state index contributed by atoms with van der Waals surface area (Å²) in [6.45, 7) is 7.26. The third-order valence-electron chi connectivity index (χ3n) is 5.12. The maximum atomic E-state index is 13.0. The molecule has 1 aromatic heterocycles. The molecule has 0 saturated carbocycles. The number of rotatable bonds is 5. The molecule has 0 bridgehead atoms. The Morgan fingerprint density at radius 2 is 1.81 bits per heavy atom. The van der Waals surface area contributed by atoms with Crippen LogP contribution in [0.1, 0.15) is 35.5 Å². The maximum Gasteiger partial charge on any atom is 0.246 e. The highest BCUT2D eigenvalue weighted by Crippen LogP contribution is 2.26. The molecule has 0 aliphatic carbocycles. The summed E-state index contributed by atoms with van der Waals surface area (Å²) in [5, 5.41) is 16.4. The zero-order valence-corrected chi connectivity index (χ0v) is 16.8. The van der Waals surface area contributed by atoms with Gasteiger partial charge in [-0.3, -0.25) is 10.00 Å². The number of piperazine rings is 1. The average Bonchev–Trinajstić information content (AvgIpc) is 3.02. The number of nitrogens with one attached hydrogen (secondary N) is 1. The molecule has 7 nitrogen and oxygen atoms in total. The lowest BCUT2D eigenvalue weighted by molar-refractivity contribution is 0.162. The minimum atomic E-state index is -3.58. The Bertz CT molecular complexity index is 916. The Balaban J connectivity index is 1.73. The first kappa shape index (κ1) is 19.5. The Labute approximate surface area is 160 Å². The van der Waals surface area contributed by atoms with E-state index in [0.29, 0.717) is 37.6 Å². The highest BCUT2D eigenvalue weighted by Gasteiger charge is 2.34. The van der Waals surface area contributed by atoms with E-state index in [9.17, 15) is 13.7 Å². The van der Waals surface area contributed by atoms with Crippen molar-refractivity contribution in [2.45, 2.75) is 38.1 Å². The van der Waals surface area contributed by atoms with Crippen molar-refractivity contribution < 1.29 is 8.42 Å². The van der Waals surface area contributed by atoms with E-state index < -0.39 is 10.0 Å². The van der Waals surface area contributed by atoms with Crippen LogP contribution >= 0.6 is 0 Å². The van der Waals surface area contributed by atoms with Gasteiger partial charge >= 0.3 is 0 Å². The zero-order valence-electron chi connectivity index (χ0n) is 15.9. The van der Waals surface area contributed by atoms with E-state index in [4.69, 9.17) is 0 Å². The fourth-order valence-corrected chi connectivity index (χ4v) is 5.31. The minimum Gasteiger partial charge on any atom is -0.282 e. The molecule has 2 aromatic rings.